The van der Waals surface area contributed by atoms with E-state index in [2.05, 4.69) is 5.32 Å². The molecule has 0 spiro atoms. The van der Waals surface area contributed by atoms with Gasteiger partial charge >= 0.3 is 0 Å². The summed E-state index contributed by atoms with van der Waals surface area (Å²) in [6, 6.07) is -0.0416. The first-order valence-electron chi connectivity index (χ1n) is 6.42. The van der Waals surface area contributed by atoms with Crippen LogP contribution in [0.2, 0.25) is 0 Å². The van der Waals surface area contributed by atoms with Gasteiger partial charge in [-0.25, -0.2) is 8.78 Å². The second kappa shape index (κ2) is 4.88. The number of nitrogens with two attached hydrogens (primary N) is 1. The summed E-state index contributed by atoms with van der Waals surface area (Å²) in [6.07, 6.45) is 3.75. The SMILES string of the molecule is N[C@@H]1CCCC[C@H]1NC(=O)C1CCC(F)(F)C1. The van der Waals surface area contributed by atoms with Crippen LogP contribution in [0.3, 0.4) is 0 Å². The molecular weight excluding hydrogens is 226 g/mol. The minimum atomic E-state index is -2.66. The molecule has 3 nitrogen and oxygen atoms in total. The van der Waals surface area contributed by atoms with E-state index in [9.17, 15) is 13.6 Å². The molecule has 0 heterocycles. The zero-order chi connectivity index (χ0) is 12.5. The number of rotatable bonds is 2. The first kappa shape index (κ1) is 12.7. The third-order valence-electron chi connectivity index (χ3n) is 3.92. The fraction of sp³-hybridized carbons (Fsp3) is 0.917. The molecule has 2 saturated carbocycles. The second-order valence-corrected chi connectivity index (χ2v) is 5.36. The molecule has 0 aliphatic heterocycles. The predicted octanol–water partition coefficient (Wildman–Crippen LogP) is 1.81. The standard InChI is InChI=1S/C12H20F2N2O/c13-12(14)6-5-8(7-12)11(17)16-10-4-2-1-3-9(10)15/h8-10H,1-7,15H2,(H,16,17)/t8?,9-,10-/m1/s1. The predicted molar refractivity (Wildman–Crippen MR) is 60.7 cm³/mol. The van der Waals surface area contributed by atoms with E-state index >= 15 is 0 Å². The molecule has 0 saturated heterocycles. The highest BCUT2D eigenvalue weighted by Gasteiger charge is 2.43. The summed E-state index contributed by atoms with van der Waals surface area (Å²) >= 11 is 0. The van der Waals surface area contributed by atoms with E-state index in [0.29, 0.717) is 6.42 Å². The van der Waals surface area contributed by atoms with Crippen molar-refractivity contribution in [2.45, 2.75) is 63.0 Å². The average molecular weight is 246 g/mol. The lowest BCUT2D eigenvalue weighted by molar-refractivity contribution is -0.126. The lowest BCUT2D eigenvalue weighted by atomic mass is 9.90. The van der Waals surface area contributed by atoms with E-state index in [1.54, 1.807) is 0 Å². The van der Waals surface area contributed by atoms with Crippen LogP contribution in [0, 0.1) is 5.92 Å². The summed E-state index contributed by atoms with van der Waals surface area (Å²) in [6.45, 7) is 0. The van der Waals surface area contributed by atoms with E-state index < -0.39 is 11.8 Å². The lowest BCUT2D eigenvalue weighted by Crippen LogP contribution is -2.50. The smallest absolute Gasteiger partial charge is 0.248 e. The van der Waals surface area contributed by atoms with Crippen LogP contribution in [-0.4, -0.2) is 23.9 Å². The van der Waals surface area contributed by atoms with Crippen LogP contribution < -0.4 is 11.1 Å². The zero-order valence-electron chi connectivity index (χ0n) is 9.92. The molecule has 5 heteroatoms. The number of hydrogen-bond donors (Lipinski definition) is 2. The van der Waals surface area contributed by atoms with Crippen LogP contribution in [-0.2, 0) is 4.79 Å². The zero-order valence-corrected chi connectivity index (χ0v) is 9.92. The number of amides is 1. The molecule has 0 bridgehead atoms. The van der Waals surface area contributed by atoms with Gasteiger partial charge in [-0.2, -0.15) is 0 Å². The lowest BCUT2D eigenvalue weighted by Gasteiger charge is -2.30. The largest absolute Gasteiger partial charge is 0.352 e. The van der Waals surface area contributed by atoms with Gasteiger partial charge in [-0.15, -0.1) is 0 Å². The molecule has 0 aromatic heterocycles. The van der Waals surface area contributed by atoms with Gasteiger partial charge in [-0.05, 0) is 19.3 Å². The van der Waals surface area contributed by atoms with Crippen molar-refractivity contribution in [2.24, 2.45) is 11.7 Å². The van der Waals surface area contributed by atoms with Crippen LogP contribution in [0.1, 0.15) is 44.9 Å². The molecule has 2 fully saturated rings. The average Bonchev–Trinajstić information content (AvgIpc) is 2.62. The Balaban J connectivity index is 1.84. The number of halogens is 2. The van der Waals surface area contributed by atoms with Crippen molar-refractivity contribution in [1.29, 1.82) is 0 Å². The molecule has 2 rings (SSSR count). The molecule has 0 aromatic rings. The molecule has 1 amide bonds. The van der Waals surface area contributed by atoms with E-state index in [0.717, 1.165) is 25.7 Å². The van der Waals surface area contributed by atoms with Gasteiger partial charge < -0.3 is 11.1 Å². The monoisotopic (exact) mass is 246 g/mol. The summed E-state index contributed by atoms with van der Waals surface area (Å²) in [5.41, 5.74) is 5.92. The molecule has 0 radical (unpaired) electrons. The van der Waals surface area contributed by atoms with E-state index in [-0.39, 0.29) is 30.8 Å². The Morgan fingerprint density at radius 2 is 1.94 bits per heavy atom. The molecule has 98 valence electrons. The number of carbonyl (C=O) groups excluding carboxylic acids is 1. The van der Waals surface area contributed by atoms with Crippen molar-refractivity contribution < 1.29 is 13.6 Å². The Hall–Kier alpha value is -0.710. The Kier molecular flexibility index (Phi) is 3.66. The minimum Gasteiger partial charge on any atom is -0.352 e. The van der Waals surface area contributed by atoms with Crippen molar-refractivity contribution in [1.82, 2.24) is 5.32 Å². The highest BCUT2D eigenvalue weighted by Crippen LogP contribution is 2.39. The highest BCUT2D eigenvalue weighted by molar-refractivity contribution is 5.79. The van der Waals surface area contributed by atoms with Gasteiger partial charge in [-0.1, -0.05) is 12.8 Å². The summed E-state index contributed by atoms with van der Waals surface area (Å²) in [4.78, 5) is 11.8. The fourth-order valence-electron chi connectivity index (χ4n) is 2.81. The molecule has 2 aliphatic rings. The van der Waals surface area contributed by atoms with Crippen molar-refractivity contribution in [3.8, 4) is 0 Å². The quantitative estimate of drug-likeness (QED) is 0.780. The molecule has 0 aromatic carbocycles. The Bertz CT molecular complexity index is 296. The molecule has 17 heavy (non-hydrogen) atoms. The summed E-state index contributed by atoms with van der Waals surface area (Å²) in [5, 5.41) is 2.85. The number of hydrogen-bond acceptors (Lipinski definition) is 2. The maximum absolute atomic E-state index is 13.0. The van der Waals surface area contributed by atoms with Crippen LogP contribution in [0.15, 0.2) is 0 Å². The van der Waals surface area contributed by atoms with Crippen molar-refractivity contribution in [2.75, 3.05) is 0 Å². The number of nitrogens with one attached hydrogen (secondary N) is 1. The van der Waals surface area contributed by atoms with Crippen molar-refractivity contribution >= 4 is 5.91 Å². The third kappa shape index (κ3) is 3.15. The van der Waals surface area contributed by atoms with Gasteiger partial charge in [0.25, 0.3) is 0 Å². The second-order valence-electron chi connectivity index (χ2n) is 5.36. The van der Waals surface area contributed by atoms with Gasteiger partial charge in [0.1, 0.15) is 0 Å². The van der Waals surface area contributed by atoms with Crippen LogP contribution in [0.25, 0.3) is 0 Å². The molecule has 2 aliphatic carbocycles. The number of alkyl halides is 2. The Labute approximate surface area is 100 Å². The van der Waals surface area contributed by atoms with Gasteiger partial charge in [0.15, 0.2) is 0 Å². The normalized spacial score (nSPS) is 36.8. The Morgan fingerprint density at radius 1 is 1.24 bits per heavy atom. The fourth-order valence-corrected chi connectivity index (χ4v) is 2.81. The maximum atomic E-state index is 13.0. The van der Waals surface area contributed by atoms with Gasteiger partial charge in [-0.3, -0.25) is 4.79 Å². The maximum Gasteiger partial charge on any atom is 0.248 e. The summed E-state index contributed by atoms with van der Waals surface area (Å²) < 4.78 is 26.0. The molecule has 3 N–H and O–H groups in total. The van der Waals surface area contributed by atoms with Crippen LogP contribution in [0.4, 0.5) is 8.78 Å². The number of carbonyl (C=O) groups is 1. The summed E-state index contributed by atoms with van der Waals surface area (Å²) in [5.74, 6) is -3.42. The van der Waals surface area contributed by atoms with Crippen molar-refractivity contribution in [3.63, 3.8) is 0 Å². The highest BCUT2D eigenvalue weighted by atomic mass is 19.3. The first-order valence-corrected chi connectivity index (χ1v) is 6.42. The van der Waals surface area contributed by atoms with E-state index in [4.69, 9.17) is 5.73 Å². The van der Waals surface area contributed by atoms with Crippen molar-refractivity contribution in [3.05, 3.63) is 0 Å². The first-order chi connectivity index (χ1) is 7.98. The van der Waals surface area contributed by atoms with Gasteiger partial charge in [0.05, 0.1) is 0 Å². The van der Waals surface area contributed by atoms with Gasteiger partial charge in [0, 0.05) is 30.8 Å². The summed E-state index contributed by atoms with van der Waals surface area (Å²) in [7, 11) is 0. The Morgan fingerprint density at radius 3 is 2.53 bits per heavy atom. The van der Waals surface area contributed by atoms with Gasteiger partial charge in [0.2, 0.25) is 11.8 Å². The van der Waals surface area contributed by atoms with Crippen LogP contribution in [0.5, 0.6) is 0 Å². The van der Waals surface area contributed by atoms with E-state index in [1.165, 1.54) is 0 Å². The van der Waals surface area contributed by atoms with Crippen LogP contribution >= 0.6 is 0 Å². The molecule has 1 unspecified atom stereocenters. The third-order valence-corrected chi connectivity index (χ3v) is 3.92. The topological polar surface area (TPSA) is 55.1 Å². The molecular formula is C12H20F2N2O. The van der Waals surface area contributed by atoms with E-state index in [1.807, 2.05) is 0 Å². The molecule has 3 atom stereocenters. The minimum absolute atomic E-state index is 0.0189.